The number of methoxy groups -OCH3 is 1. The van der Waals surface area contributed by atoms with E-state index in [1.165, 1.54) is 0 Å². The lowest BCUT2D eigenvalue weighted by atomic mass is 10.1. The fourth-order valence-corrected chi connectivity index (χ4v) is 6.07. The molecule has 1 amide bonds. The van der Waals surface area contributed by atoms with E-state index >= 15 is 0 Å². The van der Waals surface area contributed by atoms with Crippen molar-refractivity contribution in [2.24, 2.45) is 14.1 Å². The zero-order valence-electron chi connectivity index (χ0n) is 30.7. The number of rotatable bonds is 6. The predicted molar refractivity (Wildman–Crippen MR) is 210 cm³/mol. The summed E-state index contributed by atoms with van der Waals surface area (Å²) >= 11 is 0. The lowest BCUT2D eigenvalue weighted by Gasteiger charge is -2.19. The van der Waals surface area contributed by atoms with E-state index in [0.717, 1.165) is 44.6 Å². The number of hydrogen-bond donors (Lipinski definition) is 5. The number of H-pyrrole nitrogens is 2. The summed E-state index contributed by atoms with van der Waals surface area (Å²) in [5.41, 5.74) is 14.0. The second-order valence-corrected chi connectivity index (χ2v) is 13.6. The number of aromatic hydroxyl groups is 1. The van der Waals surface area contributed by atoms with Crippen LogP contribution in [-0.2, 0) is 18.8 Å². The number of aromatic amines is 2. The number of aryl methyl sites for hydroxylation is 2. The van der Waals surface area contributed by atoms with Gasteiger partial charge < -0.3 is 30.3 Å². The number of nitrogens with one attached hydrogen (secondary N) is 3. The van der Waals surface area contributed by atoms with Crippen LogP contribution in [0.15, 0.2) is 97.1 Å². The Morgan fingerprint density at radius 2 is 1.30 bits per heavy atom. The van der Waals surface area contributed by atoms with Gasteiger partial charge in [-0.3, -0.25) is 14.7 Å². The molecule has 14 heteroatoms. The molecule has 14 nitrogen and oxygen atoms in total. The van der Waals surface area contributed by atoms with E-state index in [1.807, 2.05) is 113 Å². The van der Waals surface area contributed by atoms with Crippen molar-refractivity contribution in [3.63, 3.8) is 0 Å². The minimum absolute atomic E-state index is 0.103. The lowest BCUT2D eigenvalue weighted by Crippen LogP contribution is -2.27. The Balaban J connectivity index is 0.000000174. The number of anilines is 2. The summed E-state index contributed by atoms with van der Waals surface area (Å²) in [5, 5.41) is 22.5. The third-order valence-electron chi connectivity index (χ3n) is 8.41. The van der Waals surface area contributed by atoms with Gasteiger partial charge in [0.2, 0.25) is 0 Å². The van der Waals surface area contributed by atoms with Crippen LogP contribution in [-0.4, -0.2) is 63.4 Å². The summed E-state index contributed by atoms with van der Waals surface area (Å²) in [6, 6.07) is 30.3. The number of amides is 1. The molecule has 8 aromatic rings. The number of nitrogen functional groups attached to an aromatic ring is 1. The monoisotopic (exact) mass is 724 g/mol. The summed E-state index contributed by atoms with van der Waals surface area (Å²) in [5.74, 6) is 1.92. The number of aromatic nitrogens is 8. The molecule has 0 aliphatic rings. The molecule has 0 aliphatic heterocycles. The Hall–Kier alpha value is -7.09. The van der Waals surface area contributed by atoms with E-state index in [-0.39, 0.29) is 5.75 Å². The average Bonchev–Trinajstić information content (AvgIpc) is 3.90. The second-order valence-electron chi connectivity index (χ2n) is 13.6. The third kappa shape index (κ3) is 7.17. The van der Waals surface area contributed by atoms with Crippen LogP contribution in [0.1, 0.15) is 20.8 Å². The van der Waals surface area contributed by atoms with Crippen LogP contribution in [0.5, 0.6) is 11.5 Å². The fourth-order valence-electron chi connectivity index (χ4n) is 6.07. The molecule has 6 N–H and O–H groups in total. The van der Waals surface area contributed by atoms with Gasteiger partial charge in [0.1, 0.15) is 28.4 Å². The highest BCUT2D eigenvalue weighted by atomic mass is 16.6. The lowest BCUT2D eigenvalue weighted by molar-refractivity contribution is 0.0636. The van der Waals surface area contributed by atoms with Crippen LogP contribution in [0.2, 0.25) is 0 Å². The maximum absolute atomic E-state index is 12.1. The van der Waals surface area contributed by atoms with Gasteiger partial charge in [0.25, 0.3) is 0 Å². The van der Waals surface area contributed by atoms with Crippen LogP contribution in [0.4, 0.5) is 16.2 Å². The quantitative estimate of drug-likeness (QED) is 0.106. The first-order valence-electron chi connectivity index (χ1n) is 17.1. The van der Waals surface area contributed by atoms with Crippen molar-refractivity contribution in [2.45, 2.75) is 26.4 Å². The molecule has 0 aliphatic carbocycles. The molecular weight excluding hydrogens is 685 g/mol. The molecular formula is C40H40N10O4. The molecule has 0 fully saturated rings. The van der Waals surface area contributed by atoms with Gasteiger partial charge in [-0.1, -0.05) is 60.7 Å². The van der Waals surface area contributed by atoms with Crippen LogP contribution in [0, 0.1) is 0 Å². The van der Waals surface area contributed by atoms with E-state index in [4.69, 9.17) is 20.2 Å². The van der Waals surface area contributed by atoms with Gasteiger partial charge in [-0.2, -0.15) is 10.2 Å². The number of imidazole rings is 2. The summed E-state index contributed by atoms with van der Waals surface area (Å²) < 4.78 is 14.4. The van der Waals surface area contributed by atoms with E-state index in [1.54, 1.807) is 35.7 Å². The molecule has 0 bridgehead atoms. The van der Waals surface area contributed by atoms with Crippen molar-refractivity contribution in [2.75, 3.05) is 18.2 Å². The van der Waals surface area contributed by atoms with Crippen molar-refractivity contribution in [1.82, 2.24) is 39.5 Å². The number of carbonyl (C=O) groups is 1. The average molecular weight is 725 g/mol. The van der Waals surface area contributed by atoms with E-state index < -0.39 is 11.7 Å². The van der Waals surface area contributed by atoms with Crippen LogP contribution < -0.4 is 15.8 Å². The molecule has 54 heavy (non-hydrogen) atoms. The van der Waals surface area contributed by atoms with E-state index in [9.17, 15) is 9.90 Å². The summed E-state index contributed by atoms with van der Waals surface area (Å²) in [7, 11) is 5.26. The molecule has 0 unspecified atom stereocenters. The summed E-state index contributed by atoms with van der Waals surface area (Å²) in [6.07, 6.45) is -0.507. The molecule has 4 heterocycles. The Morgan fingerprint density at radius 3 is 1.91 bits per heavy atom. The summed E-state index contributed by atoms with van der Waals surface area (Å²) in [6.45, 7) is 5.46. The Morgan fingerprint density at radius 1 is 0.759 bits per heavy atom. The first-order valence-corrected chi connectivity index (χ1v) is 17.1. The zero-order valence-corrected chi connectivity index (χ0v) is 30.7. The predicted octanol–water partition coefficient (Wildman–Crippen LogP) is 7.90. The molecule has 274 valence electrons. The highest BCUT2D eigenvalue weighted by Gasteiger charge is 2.24. The number of ether oxygens (including phenoxy) is 2. The number of benzene rings is 4. The zero-order chi connectivity index (χ0) is 38.1. The van der Waals surface area contributed by atoms with Gasteiger partial charge in [0, 0.05) is 36.6 Å². The number of nitrogens with zero attached hydrogens (tertiary/aromatic N) is 6. The minimum Gasteiger partial charge on any atom is -0.504 e. The van der Waals surface area contributed by atoms with E-state index in [2.05, 4.69) is 30.5 Å². The first kappa shape index (κ1) is 35.3. The highest BCUT2D eigenvalue weighted by Crippen LogP contribution is 2.39. The Kier molecular flexibility index (Phi) is 9.25. The van der Waals surface area contributed by atoms with Crippen LogP contribution in [0.3, 0.4) is 0 Å². The maximum Gasteiger partial charge on any atom is 0.412 e. The normalized spacial score (nSPS) is 11.4. The maximum atomic E-state index is 12.1. The third-order valence-corrected chi connectivity index (χ3v) is 8.41. The van der Waals surface area contributed by atoms with Crippen molar-refractivity contribution in [3.05, 3.63) is 97.1 Å². The molecule has 0 spiro atoms. The number of carbonyl (C=O) groups excluding carboxylic acids is 1. The van der Waals surface area contributed by atoms with Gasteiger partial charge in [-0.15, -0.1) is 0 Å². The molecule has 4 aromatic heterocycles. The van der Waals surface area contributed by atoms with Gasteiger partial charge in [0.15, 0.2) is 23.1 Å². The standard InChI is InChI=1S/C23H25N5O3.C17H15N5O/c1-23(2,3)31-22(29)24-15-11-12-16-17(13-15)26-21(25-16)19-20(30-5)18(27-28(19)4)14-9-7-6-8-10-14;1-22-15(16(23)14(21-22)10-5-3-2-4-6-10)17-19-12-8-7-11(18)9-13(12)20-17/h6-13H,1-5H3,(H,24,29)(H,25,26);2-9,23H,18H2,1H3,(H,19,20). The smallest absolute Gasteiger partial charge is 0.412 e. The summed E-state index contributed by atoms with van der Waals surface area (Å²) in [4.78, 5) is 27.8. The number of fused-ring (bicyclic) bond motifs is 2. The van der Waals surface area contributed by atoms with Crippen molar-refractivity contribution >= 4 is 39.5 Å². The fraction of sp³-hybridized carbons (Fsp3) is 0.175. The van der Waals surface area contributed by atoms with E-state index in [0.29, 0.717) is 40.2 Å². The Labute approximate surface area is 310 Å². The molecule has 4 aromatic carbocycles. The van der Waals surface area contributed by atoms with Crippen molar-refractivity contribution in [1.29, 1.82) is 0 Å². The van der Waals surface area contributed by atoms with Gasteiger partial charge >= 0.3 is 6.09 Å². The molecule has 8 rings (SSSR count). The molecule has 0 saturated carbocycles. The van der Waals surface area contributed by atoms with Crippen LogP contribution >= 0.6 is 0 Å². The van der Waals surface area contributed by atoms with Crippen molar-refractivity contribution in [3.8, 4) is 57.1 Å². The van der Waals surface area contributed by atoms with Gasteiger partial charge in [0.05, 0.1) is 29.2 Å². The minimum atomic E-state index is -0.568. The highest BCUT2D eigenvalue weighted by molar-refractivity contribution is 5.90. The van der Waals surface area contributed by atoms with Gasteiger partial charge in [-0.05, 0) is 57.2 Å². The largest absolute Gasteiger partial charge is 0.504 e. The number of nitrogens with two attached hydrogens (primary N) is 1. The van der Waals surface area contributed by atoms with Crippen LogP contribution in [0.25, 0.3) is 67.6 Å². The van der Waals surface area contributed by atoms with Gasteiger partial charge in [-0.25, -0.2) is 14.8 Å². The second kappa shape index (κ2) is 14.1. The Bertz CT molecular complexity index is 2600. The topological polar surface area (TPSA) is 187 Å². The first-order chi connectivity index (χ1) is 25.9. The molecule has 0 radical (unpaired) electrons. The number of hydrogen-bond acceptors (Lipinski definition) is 9. The molecule has 0 saturated heterocycles. The molecule has 0 atom stereocenters. The SMILES string of the molecule is COc1c(-c2ccccc2)nn(C)c1-c1nc2ccc(NC(=O)OC(C)(C)C)cc2[nH]1.Cn1nc(-c2ccccc2)c(O)c1-c1nc2ccc(N)cc2[nH]1. The van der Waals surface area contributed by atoms with Crippen molar-refractivity contribution < 1.29 is 19.4 Å².